The van der Waals surface area contributed by atoms with Crippen molar-refractivity contribution in [2.75, 3.05) is 7.05 Å². The van der Waals surface area contributed by atoms with Gasteiger partial charge in [-0.2, -0.15) is 4.31 Å². The molecule has 0 saturated heterocycles. The molecule has 0 aromatic heterocycles. The maximum absolute atomic E-state index is 13.2. The van der Waals surface area contributed by atoms with Crippen LogP contribution in [-0.4, -0.2) is 31.7 Å². The number of benzene rings is 2. The molecule has 126 valence electrons. The molecule has 0 fully saturated rings. The van der Waals surface area contributed by atoms with Gasteiger partial charge >= 0.3 is 0 Å². The van der Waals surface area contributed by atoms with Gasteiger partial charge in [0.1, 0.15) is 6.04 Å². The van der Waals surface area contributed by atoms with Crippen molar-refractivity contribution in [3.8, 4) is 0 Å². The van der Waals surface area contributed by atoms with Gasteiger partial charge < -0.3 is 5.32 Å². The fraction of sp³-hybridized carbons (Fsp3) is 0.235. The van der Waals surface area contributed by atoms with E-state index >= 15 is 0 Å². The van der Waals surface area contributed by atoms with E-state index in [1.54, 1.807) is 24.3 Å². The predicted octanol–water partition coefficient (Wildman–Crippen LogP) is 2.31. The van der Waals surface area contributed by atoms with Gasteiger partial charge in [0.25, 0.3) is 0 Å². The van der Waals surface area contributed by atoms with Crippen molar-refractivity contribution in [3.63, 3.8) is 0 Å². The van der Waals surface area contributed by atoms with Crippen LogP contribution in [0.5, 0.6) is 0 Å². The van der Waals surface area contributed by atoms with E-state index in [4.69, 9.17) is 0 Å². The van der Waals surface area contributed by atoms with E-state index in [0.29, 0.717) is 10.9 Å². The molecule has 1 heterocycles. The Morgan fingerprint density at radius 1 is 1.12 bits per heavy atom. The molecule has 1 amide bonds. The number of carbonyl (C=O) groups is 1. The Kier molecular flexibility index (Phi) is 4.76. The van der Waals surface area contributed by atoms with Crippen molar-refractivity contribution in [3.05, 3.63) is 64.1 Å². The van der Waals surface area contributed by atoms with Crippen LogP contribution in [0.25, 0.3) is 0 Å². The number of nitrogens with one attached hydrogen (secondary N) is 1. The first-order chi connectivity index (χ1) is 11.4. The van der Waals surface area contributed by atoms with E-state index < -0.39 is 16.1 Å². The average Bonchev–Trinajstić information content (AvgIpc) is 2.60. The predicted molar refractivity (Wildman–Crippen MR) is 94.9 cm³/mol. The quantitative estimate of drug-likeness (QED) is 0.846. The maximum atomic E-state index is 13.2. The van der Waals surface area contributed by atoms with E-state index in [1.165, 1.54) is 11.4 Å². The second kappa shape index (κ2) is 6.66. The van der Waals surface area contributed by atoms with Crippen LogP contribution in [0.2, 0.25) is 0 Å². The molecule has 1 N–H and O–H groups in total. The van der Waals surface area contributed by atoms with Crippen LogP contribution >= 0.6 is 15.9 Å². The topological polar surface area (TPSA) is 66.5 Å². The molecule has 0 unspecified atom stereocenters. The number of hydrogen-bond donors (Lipinski definition) is 1. The molecule has 2 aromatic rings. The van der Waals surface area contributed by atoms with E-state index in [-0.39, 0.29) is 17.3 Å². The number of fused-ring (bicyclic) bond motifs is 1. The summed E-state index contributed by atoms with van der Waals surface area (Å²) in [5, 5.41) is 2.58. The highest BCUT2D eigenvalue weighted by Gasteiger charge is 2.39. The Labute approximate surface area is 149 Å². The molecule has 3 rings (SSSR count). The highest BCUT2D eigenvalue weighted by Crippen LogP contribution is 2.32. The number of sulfonamides is 1. The van der Waals surface area contributed by atoms with Gasteiger partial charge in [-0.05, 0) is 45.6 Å². The largest absolute Gasteiger partial charge is 0.358 e. The van der Waals surface area contributed by atoms with Crippen molar-refractivity contribution in [1.29, 1.82) is 0 Å². The summed E-state index contributed by atoms with van der Waals surface area (Å²) in [5.74, 6) is -0.305. The van der Waals surface area contributed by atoms with Gasteiger partial charge in [-0.25, -0.2) is 8.42 Å². The zero-order valence-corrected chi connectivity index (χ0v) is 15.5. The highest BCUT2D eigenvalue weighted by molar-refractivity contribution is 9.10. The summed E-state index contributed by atoms with van der Waals surface area (Å²) >= 11 is 3.30. The molecular formula is C17H17BrN2O3S. The van der Waals surface area contributed by atoms with Crippen molar-refractivity contribution in [1.82, 2.24) is 9.62 Å². The summed E-state index contributed by atoms with van der Waals surface area (Å²) in [4.78, 5) is 12.5. The van der Waals surface area contributed by atoms with Gasteiger partial charge in [0.05, 0.1) is 4.90 Å². The summed E-state index contributed by atoms with van der Waals surface area (Å²) in [5.41, 5.74) is 1.93. The Balaban J connectivity index is 2.10. The van der Waals surface area contributed by atoms with Crippen LogP contribution in [-0.2, 0) is 27.8 Å². The minimum Gasteiger partial charge on any atom is -0.358 e. The van der Waals surface area contributed by atoms with Gasteiger partial charge in [0.15, 0.2) is 0 Å². The van der Waals surface area contributed by atoms with Crippen molar-refractivity contribution >= 4 is 31.9 Å². The molecule has 0 aliphatic carbocycles. The van der Waals surface area contributed by atoms with E-state index in [9.17, 15) is 13.2 Å². The fourth-order valence-electron chi connectivity index (χ4n) is 2.92. The average molecular weight is 409 g/mol. The first kappa shape index (κ1) is 17.1. The second-order valence-corrected chi connectivity index (χ2v) is 8.30. The summed E-state index contributed by atoms with van der Waals surface area (Å²) < 4.78 is 28.1. The summed E-state index contributed by atoms with van der Waals surface area (Å²) in [6.07, 6.45) is 0.361. The molecule has 24 heavy (non-hydrogen) atoms. The molecular weight excluding hydrogens is 392 g/mol. The molecule has 0 radical (unpaired) electrons. The Bertz CT molecular complexity index is 883. The van der Waals surface area contributed by atoms with Gasteiger partial charge in [0.2, 0.25) is 15.9 Å². The normalized spacial score (nSPS) is 18.0. The summed E-state index contributed by atoms with van der Waals surface area (Å²) in [6, 6.07) is 13.5. The van der Waals surface area contributed by atoms with E-state index in [2.05, 4.69) is 21.2 Å². The second-order valence-electron chi connectivity index (χ2n) is 5.58. The maximum Gasteiger partial charge on any atom is 0.245 e. The van der Waals surface area contributed by atoms with Crippen LogP contribution in [0.1, 0.15) is 11.1 Å². The number of likely N-dealkylation sites (N-methyl/N-ethyl adjacent to an activating group) is 1. The molecule has 0 spiro atoms. The van der Waals surface area contributed by atoms with Gasteiger partial charge in [-0.3, -0.25) is 4.79 Å². The van der Waals surface area contributed by atoms with E-state index in [1.807, 2.05) is 24.3 Å². The summed E-state index contributed by atoms with van der Waals surface area (Å²) in [7, 11) is -2.29. The first-order valence-electron chi connectivity index (χ1n) is 7.50. The third kappa shape index (κ3) is 2.99. The Morgan fingerprint density at radius 3 is 2.42 bits per heavy atom. The third-order valence-corrected chi connectivity index (χ3v) is 7.04. The number of halogens is 1. The Hall–Kier alpha value is -1.70. The molecule has 1 aliphatic heterocycles. The van der Waals surface area contributed by atoms with Crippen LogP contribution in [0, 0.1) is 0 Å². The van der Waals surface area contributed by atoms with Crippen molar-refractivity contribution in [2.45, 2.75) is 23.9 Å². The van der Waals surface area contributed by atoms with Crippen molar-refractivity contribution < 1.29 is 13.2 Å². The monoisotopic (exact) mass is 408 g/mol. The lowest BCUT2D eigenvalue weighted by molar-refractivity contribution is -0.124. The van der Waals surface area contributed by atoms with Gasteiger partial charge in [0, 0.05) is 18.1 Å². The first-order valence-corrected chi connectivity index (χ1v) is 9.73. The van der Waals surface area contributed by atoms with E-state index in [0.717, 1.165) is 11.1 Å². The standard InChI is InChI=1S/C17H17BrN2O3S/c1-19-17(21)15-10-12-6-2-3-7-13(12)11-20(15)24(22,23)16-9-5-4-8-14(16)18/h2-9,15H,10-11H2,1H3,(H,19,21)/t15-/m1/s1. The lowest BCUT2D eigenvalue weighted by atomic mass is 9.95. The zero-order valence-electron chi connectivity index (χ0n) is 13.1. The van der Waals surface area contributed by atoms with Crippen LogP contribution < -0.4 is 5.32 Å². The van der Waals surface area contributed by atoms with Crippen LogP contribution in [0.4, 0.5) is 0 Å². The Morgan fingerprint density at radius 2 is 1.75 bits per heavy atom. The number of rotatable bonds is 3. The van der Waals surface area contributed by atoms with Crippen LogP contribution in [0.3, 0.4) is 0 Å². The van der Waals surface area contributed by atoms with Crippen LogP contribution in [0.15, 0.2) is 57.9 Å². The molecule has 7 heteroatoms. The number of carbonyl (C=O) groups excluding carboxylic acids is 1. The minimum absolute atomic E-state index is 0.165. The molecule has 1 aliphatic rings. The van der Waals surface area contributed by atoms with Crippen molar-refractivity contribution in [2.24, 2.45) is 0 Å². The van der Waals surface area contributed by atoms with Gasteiger partial charge in [-0.15, -0.1) is 0 Å². The smallest absolute Gasteiger partial charge is 0.245 e. The number of hydrogen-bond acceptors (Lipinski definition) is 3. The van der Waals surface area contributed by atoms with Gasteiger partial charge in [-0.1, -0.05) is 36.4 Å². The number of nitrogens with zero attached hydrogens (tertiary/aromatic N) is 1. The third-order valence-electron chi connectivity index (χ3n) is 4.18. The lowest BCUT2D eigenvalue weighted by Gasteiger charge is -2.34. The molecule has 0 bridgehead atoms. The minimum atomic E-state index is -3.81. The molecule has 5 nitrogen and oxygen atoms in total. The lowest BCUT2D eigenvalue weighted by Crippen LogP contribution is -2.51. The fourth-order valence-corrected chi connectivity index (χ4v) is 5.45. The molecule has 1 atom stereocenters. The SMILES string of the molecule is CNC(=O)[C@H]1Cc2ccccc2CN1S(=O)(=O)c1ccccc1Br. The summed E-state index contributed by atoms with van der Waals surface area (Å²) in [6.45, 7) is 0.178. The molecule has 2 aromatic carbocycles. The zero-order chi connectivity index (χ0) is 17.3. The molecule has 0 saturated carbocycles. The number of amides is 1. The highest BCUT2D eigenvalue weighted by atomic mass is 79.9.